The van der Waals surface area contributed by atoms with E-state index in [9.17, 15) is 10.1 Å². The first-order chi connectivity index (χ1) is 13.6. The van der Waals surface area contributed by atoms with Crippen LogP contribution in [0.1, 0.15) is 5.69 Å². The number of methoxy groups -OCH3 is 1. The standard InChI is InChI=1S/C18H17N5O5/c1-26-17-6-5-12(7-19-17)15-4-2-3-13(20-15)10-27-14-8-22-9-16(23(24)25)21-18(22)28-11-14/h2-7,9,14H,8,10-11H2,1H3/t14-/m0/s1. The average molecular weight is 383 g/mol. The fourth-order valence-electron chi connectivity index (χ4n) is 2.84. The van der Waals surface area contributed by atoms with Gasteiger partial charge in [0.25, 0.3) is 0 Å². The summed E-state index contributed by atoms with van der Waals surface area (Å²) in [6.45, 7) is 0.992. The van der Waals surface area contributed by atoms with Gasteiger partial charge in [0.15, 0.2) is 0 Å². The van der Waals surface area contributed by atoms with Gasteiger partial charge in [0, 0.05) is 22.8 Å². The maximum atomic E-state index is 10.8. The quantitative estimate of drug-likeness (QED) is 0.470. The van der Waals surface area contributed by atoms with E-state index >= 15 is 0 Å². The number of hydrogen-bond acceptors (Lipinski definition) is 8. The van der Waals surface area contributed by atoms with Crippen molar-refractivity contribution in [3.05, 3.63) is 58.5 Å². The SMILES string of the molecule is COc1ccc(-c2cccc(CO[C@@H]3COc4nc([N+](=O)[O-])cn4C3)n2)cn1. The molecule has 0 bridgehead atoms. The second-order valence-corrected chi connectivity index (χ2v) is 6.14. The van der Waals surface area contributed by atoms with Crippen LogP contribution in [-0.2, 0) is 17.9 Å². The van der Waals surface area contributed by atoms with Gasteiger partial charge in [-0.15, -0.1) is 0 Å². The maximum absolute atomic E-state index is 10.8. The summed E-state index contributed by atoms with van der Waals surface area (Å²) in [6.07, 6.45) is 2.80. The number of nitro groups is 1. The minimum absolute atomic E-state index is 0.235. The predicted octanol–water partition coefficient (Wildman–Crippen LogP) is 2.23. The van der Waals surface area contributed by atoms with Gasteiger partial charge in [-0.25, -0.2) is 4.98 Å². The van der Waals surface area contributed by atoms with Crippen molar-refractivity contribution in [3.63, 3.8) is 0 Å². The number of hydrogen-bond donors (Lipinski definition) is 0. The molecule has 0 saturated heterocycles. The minimum atomic E-state index is -0.548. The van der Waals surface area contributed by atoms with Crippen LogP contribution in [0.5, 0.6) is 11.9 Å². The summed E-state index contributed by atoms with van der Waals surface area (Å²) in [7, 11) is 1.57. The first-order valence-corrected chi connectivity index (χ1v) is 8.54. The normalized spacial score (nSPS) is 15.5. The Balaban J connectivity index is 1.40. The molecule has 4 heterocycles. The molecule has 1 aliphatic rings. The highest BCUT2D eigenvalue weighted by Gasteiger charge is 2.28. The minimum Gasteiger partial charge on any atom is -0.481 e. The number of imidazole rings is 1. The lowest BCUT2D eigenvalue weighted by Crippen LogP contribution is -2.32. The molecule has 28 heavy (non-hydrogen) atoms. The Morgan fingerprint density at radius 3 is 2.96 bits per heavy atom. The Labute approximate surface area is 159 Å². The lowest BCUT2D eigenvalue weighted by molar-refractivity contribution is -0.389. The van der Waals surface area contributed by atoms with E-state index in [0.717, 1.165) is 17.0 Å². The molecule has 10 heteroatoms. The Bertz CT molecular complexity index is 988. The van der Waals surface area contributed by atoms with Crippen molar-refractivity contribution in [2.24, 2.45) is 0 Å². The van der Waals surface area contributed by atoms with Crippen LogP contribution < -0.4 is 9.47 Å². The molecule has 3 aromatic rings. The van der Waals surface area contributed by atoms with E-state index in [1.54, 1.807) is 23.9 Å². The lowest BCUT2D eigenvalue weighted by Gasteiger charge is -2.22. The predicted molar refractivity (Wildman–Crippen MR) is 97.0 cm³/mol. The summed E-state index contributed by atoms with van der Waals surface area (Å²) in [5, 5.41) is 10.8. The van der Waals surface area contributed by atoms with E-state index in [1.165, 1.54) is 6.20 Å². The monoisotopic (exact) mass is 383 g/mol. The van der Waals surface area contributed by atoms with Crippen molar-refractivity contribution in [2.45, 2.75) is 19.3 Å². The van der Waals surface area contributed by atoms with E-state index in [-0.39, 0.29) is 31.1 Å². The molecule has 0 aliphatic carbocycles. The summed E-state index contributed by atoms with van der Waals surface area (Å²) in [4.78, 5) is 22.9. The summed E-state index contributed by atoms with van der Waals surface area (Å²) in [5.41, 5.74) is 2.42. The molecule has 4 rings (SSSR count). The molecule has 0 fully saturated rings. The molecule has 0 aromatic carbocycles. The topological polar surface area (TPSA) is 114 Å². The van der Waals surface area contributed by atoms with Gasteiger partial charge in [0.05, 0.1) is 31.6 Å². The summed E-state index contributed by atoms with van der Waals surface area (Å²) >= 11 is 0. The molecule has 0 amide bonds. The zero-order valence-electron chi connectivity index (χ0n) is 15.0. The molecule has 0 spiro atoms. The van der Waals surface area contributed by atoms with E-state index in [2.05, 4.69) is 15.0 Å². The lowest BCUT2D eigenvalue weighted by atomic mass is 10.2. The molecule has 144 valence electrons. The molecule has 0 radical (unpaired) electrons. The van der Waals surface area contributed by atoms with E-state index in [4.69, 9.17) is 14.2 Å². The summed E-state index contributed by atoms with van der Waals surface area (Å²) in [5.74, 6) is 0.303. The third-order valence-electron chi connectivity index (χ3n) is 4.23. The number of pyridine rings is 2. The summed E-state index contributed by atoms with van der Waals surface area (Å²) in [6, 6.07) is 9.58. The molecule has 0 saturated carbocycles. The number of nitrogens with zero attached hydrogens (tertiary/aromatic N) is 5. The van der Waals surface area contributed by atoms with Gasteiger partial charge in [0.1, 0.15) is 18.9 Å². The molecule has 0 unspecified atom stereocenters. The van der Waals surface area contributed by atoms with Crippen molar-refractivity contribution in [1.82, 2.24) is 19.5 Å². The third kappa shape index (κ3) is 3.76. The van der Waals surface area contributed by atoms with Crippen molar-refractivity contribution in [2.75, 3.05) is 13.7 Å². The van der Waals surface area contributed by atoms with E-state index < -0.39 is 4.92 Å². The molecule has 1 atom stereocenters. The maximum Gasteiger partial charge on any atom is 0.414 e. The van der Waals surface area contributed by atoms with Crippen LogP contribution in [0.3, 0.4) is 0 Å². The largest absolute Gasteiger partial charge is 0.481 e. The smallest absolute Gasteiger partial charge is 0.414 e. The van der Waals surface area contributed by atoms with Crippen LogP contribution in [0.2, 0.25) is 0 Å². The second-order valence-electron chi connectivity index (χ2n) is 6.14. The zero-order chi connectivity index (χ0) is 19.5. The molecule has 10 nitrogen and oxygen atoms in total. The van der Waals surface area contributed by atoms with Crippen LogP contribution >= 0.6 is 0 Å². The molecule has 0 N–H and O–H groups in total. The van der Waals surface area contributed by atoms with Crippen LogP contribution in [-0.4, -0.2) is 44.3 Å². The fraction of sp³-hybridized carbons (Fsp3) is 0.278. The first kappa shape index (κ1) is 17.9. The molecular formula is C18H17N5O5. The molecule has 3 aromatic heterocycles. The zero-order valence-corrected chi connectivity index (χ0v) is 15.0. The van der Waals surface area contributed by atoms with Crippen molar-refractivity contribution in [1.29, 1.82) is 0 Å². The Morgan fingerprint density at radius 2 is 2.21 bits per heavy atom. The van der Waals surface area contributed by atoms with Gasteiger partial charge in [0.2, 0.25) is 5.88 Å². The first-order valence-electron chi connectivity index (χ1n) is 8.54. The van der Waals surface area contributed by atoms with Crippen LogP contribution in [0, 0.1) is 10.1 Å². The number of fused-ring (bicyclic) bond motifs is 1. The van der Waals surface area contributed by atoms with E-state index in [0.29, 0.717) is 12.4 Å². The number of ether oxygens (including phenoxy) is 3. The van der Waals surface area contributed by atoms with Gasteiger partial charge in [-0.1, -0.05) is 6.07 Å². The highest BCUT2D eigenvalue weighted by Crippen LogP contribution is 2.23. The highest BCUT2D eigenvalue weighted by molar-refractivity contribution is 5.58. The molecule has 1 aliphatic heterocycles. The van der Waals surface area contributed by atoms with E-state index in [1.807, 2.05) is 24.3 Å². The van der Waals surface area contributed by atoms with Gasteiger partial charge in [-0.3, -0.25) is 9.55 Å². The number of rotatable bonds is 6. The van der Waals surface area contributed by atoms with Gasteiger partial charge >= 0.3 is 11.8 Å². The van der Waals surface area contributed by atoms with Crippen molar-refractivity contribution in [3.8, 4) is 23.1 Å². The Morgan fingerprint density at radius 1 is 1.32 bits per heavy atom. The van der Waals surface area contributed by atoms with Gasteiger partial charge in [-0.05, 0) is 23.1 Å². The van der Waals surface area contributed by atoms with Crippen LogP contribution in [0.4, 0.5) is 5.82 Å². The Kier molecular flexibility index (Phi) is 4.85. The van der Waals surface area contributed by atoms with Gasteiger partial charge in [-0.2, -0.15) is 0 Å². The van der Waals surface area contributed by atoms with Gasteiger partial charge < -0.3 is 24.3 Å². The third-order valence-corrected chi connectivity index (χ3v) is 4.23. The molecular weight excluding hydrogens is 366 g/mol. The Hall–Kier alpha value is -3.53. The average Bonchev–Trinajstić information content (AvgIpc) is 3.16. The fourth-order valence-corrected chi connectivity index (χ4v) is 2.84. The summed E-state index contributed by atoms with van der Waals surface area (Å²) < 4.78 is 18.0. The van der Waals surface area contributed by atoms with Crippen LogP contribution in [0.15, 0.2) is 42.7 Å². The van der Waals surface area contributed by atoms with Crippen LogP contribution in [0.25, 0.3) is 11.3 Å². The van der Waals surface area contributed by atoms with Crippen molar-refractivity contribution < 1.29 is 19.1 Å². The second kappa shape index (κ2) is 7.61. The highest BCUT2D eigenvalue weighted by atomic mass is 16.6. The number of aromatic nitrogens is 4. The van der Waals surface area contributed by atoms with Crippen molar-refractivity contribution >= 4 is 5.82 Å².